The Morgan fingerprint density at radius 2 is 1.92 bits per heavy atom. The average molecular weight is 352 g/mol. The van der Waals surface area contributed by atoms with E-state index >= 15 is 0 Å². The van der Waals surface area contributed by atoms with E-state index in [1.807, 2.05) is 0 Å². The van der Waals surface area contributed by atoms with Crippen LogP contribution in [0.2, 0.25) is 0 Å². The fourth-order valence-electron chi connectivity index (χ4n) is 3.47. The summed E-state index contributed by atoms with van der Waals surface area (Å²) in [6.45, 7) is 0.626. The number of hydrogen-bond donors (Lipinski definition) is 1. The minimum absolute atomic E-state index is 0.0227. The molecule has 6 nitrogen and oxygen atoms in total. The molecule has 2 fully saturated rings. The van der Waals surface area contributed by atoms with E-state index in [0.29, 0.717) is 24.4 Å². The van der Waals surface area contributed by atoms with Gasteiger partial charge in [0.1, 0.15) is 10.6 Å². The van der Waals surface area contributed by atoms with Crippen LogP contribution in [-0.2, 0) is 14.8 Å². The summed E-state index contributed by atoms with van der Waals surface area (Å²) in [6.07, 6.45) is 6.30. The van der Waals surface area contributed by atoms with Crippen molar-refractivity contribution in [2.75, 3.05) is 18.6 Å². The number of nitrogens with one attached hydrogen (secondary N) is 1. The Kier molecular flexibility index (Phi) is 5.10. The summed E-state index contributed by atoms with van der Waals surface area (Å²) in [7, 11) is -2.23. The normalized spacial score (nSPS) is 19.7. The molecular weight excluding hydrogens is 328 g/mol. The molecular formula is C17H24N2O4S. The molecule has 1 aromatic rings. The third kappa shape index (κ3) is 3.57. The van der Waals surface area contributed by atoms with E-state index in [1.165, 1.54) is 7.11 Å². The molecule has 0 atom stereocenters. The first-order valence-electron chi connectivity index (χ1n) is 8.52. The summed E-state index contributed by atoms with van der Waals surface area (Å²) >= 11 is 0. The second-order valence-corrected chi connectivity index (χ2v) is 8.12. The predicted octanol–water partition coefficient (Wildman–Crippen LogP) is 2.43. The molecule has 1 aliphatic carbocycles. The first kappa shape index (κ1) is 17.2. The van der Waals surface area contributed by atoms with Crippen LogP contribution in [-0.4, -0.2) is 34.0 Å². The summed E-state index contributed by atoms with van der Waals surface area (Å²) in [4.78, 5) is 13.7. The van der Waals surface area contributed by atoms with Gasteiger partial charge in [-0.2, -0.15) is 0 Å². The van der Waals surface area contributed by atoms with Gasteiger partial charge in [0.05, 0.1) is 7.11 Å². The van der Waals surface area contributed by atoms with Crippen LogP contribution in [0.4, 0.5) is 5.69 Å². The maximum atomic E-state index is 12.8. The molecule has 1 saturated heterocycles. The molecule has 1 N–H and O–H groups in total. The molecule has 1 amide bonds. The third-order valence-corrected chi connectivity index (χ3v) is 6.29. The van der Waals surface area contributed by atoms with Gasteiger partial charge in [-0.1, -0.05) is 19.3 Å². The van der Waals surface area contributed by atoms with Crippen molar-refractivity contribution < 1.29 is 17.9 Å². The highest BCUT2D eigenvalue weighted by Gasteiger charge is 2.28. The Morgan fingerprint density at radius 1 is 1.17 bits per heavy atom. The molecule has 2 aliphatic rings. The van der Waals surface area contributed by atoms with Gasteiger partial charge in [0.2, 0.25) is 15.9 Å². The van der Waals surface area contributed by atoms with Crippen LogP contribution in [0.15, 0.2) is 23.1 Å². The molecule has 132 valence electrons. The van der Waals surface area contributed by atoms with Gasteiger partial charge >= 0.3 is 0 Å². The zero-order valence-corrected chi connectivity index (χ0v) is 14.8. The molecule has 1 aliphatic heterocycles. The Balaban J connectivity index is 1.90. The van der Waals surface area contributed by atoms with Crippen molar-refractivity contribution in [3.8, 4) is 5.75 Å². The maximum absolute atomic E-state index is 12.8. The van der Waals surface area contributed by atoms with Crippen molar-refractivity contribution in [2.45, 2.75) is 55.9 Å². The van der Waals surface area contributed by atoms with Crippen LogP contribution >= 0.6 is 0 Å². The van der Waals surface area contributed by atoms with Crippen molar-refractivity contribution in [1.29, 1.82) is 0 Å². The first-order chi connectivity index (χ1) is 11.5. The molecule has 24 heavy (non-hydrogen) atoms. The Bertz CT molecular complexity index is 711. The highest BCUT2D eigenvalue weighted by atomic mass is 32.2. The van der Waals surface area contributed by atoms with Crippen LogP contribution in [0.3, 0.4) is 0 Å². The quantitative estimate of drug-likeness (QED) is 0.883. The van der Waals surface area contributed by atoms with Crippen molar-refractivity contribution in [1.82, 2.24) is 4.72 Å². The van der Waals surface area contributed by atoms with Gasteiger partial charge < -0.3 is 9.64 Å². The highest BCUT2D eigenvalue weighted by Crippen LogP contribution is 2.31. The molecule has 0 unspecified atom stereocenters. The van der Waals surface area contributed by atoms with E-state index in [2.05, 4.69) is 4.72 Å². The number of hydrogen-bond acceptors (Lipinski definition) is 4. The SMILES string of the molecule is COc1ccc(N2CCCC2=O)cc1S(=O)(=O)NC1CCCCC1. The highest BCUT2D eigenvalue weighted by molar-refractivity contribution is 7.89. The number of benzene rings is 1. The number of sulfonamides is 1. The van der Waals surface area contributed by atoms with Crippen molar-refractivity contribution in [3.63, 3.8) is 0 Å². The molecule has 1 saturated carbocycles. The Labute approximate surface area is 143 Å². The fraction of sp³-hybridized carbons (Fsp3) is 0.588. The van der Waals surface area contributed by atoms with E-state index in [4.69, 9.17) is 4.74 Å². The fourth-order valence-corrected chi connectivity index (χ4v) is 4.96. The molecule has 7 heteroatoms. The first-order valence-corrected chi connectivity index (χ1v) is 10.0. The lowest BCUT2D eigenvalue weighted by Gasteiger charge is -2.24. The van der Waals surface area contributed by atoms with Crippen molar-refractivity contribution >= 4 is 21.6 Å². The van der Waals surface area contributed by atoms with Gasteiger partial charge in [-0.15, -0.1) is 0 Å². The van der Waals surface area contributed by atoms with Crippen LogP contribution in [0.25, 0.3) is 0 Å². The minimum Gasteiger partial charge on any atom is -0.495 e. The summed E-state index contributed by atoms with van der Waals surface area (Å²) in [5.41, 5.74) is 0.613. The second kappa shape index (κ2) is 7.11. The summed E-state index contributed by atoms with van der Waals surface area (Å²) in [5, 5.41) is 0. The van der Waals surface area contributed by atoms with Gasteiger partial charge in [0, 0.05) is 24.7 Å². The number of amides is 1. The molecule has 0 aromatic heterocycles. The van der Waals surface area contributed by atoms with E-state index in [1.54, 1.807) is 23.1 Å². The molecule has 0 radical (unpaired) electrons. The van der Waals surface area contributed by atoms with Gasteiger partial charge in [-0.3, -0.25) is 4.79 Å². The van der Waals surface area contributed by atoms with Crippen LogP contribution in [0.1, 0.15) is 44.9 Å². The molecule has 0 bridgehead atoms. The van der Waals surface area contributed by atoms with Crippen molar-refractivity contribution in [3.05, 3.63) is 18.2 Å². The van der Waals surface area contributed by atoms with Crippen molar-refractivity contribution in [2.24, 2.45) is 0 Å². The number of carbonyl (C=O) groups excluding carboxylic acids is 1. The van der Waals surface area contributed by atoms with E-state index < -0.39 is 10.0 Å². The standard InChI is InChI=1S/C17H24N2O4S/c1-23-15-10-9-14(19-11-5-8-17(19)20)12-16(15)24(21,22)18-13-6-3-2-4-7-13/h9-10,12-13,18H,2-8,11H2,1H3. The zero-order valence-electron chi connectivity index (χ0n) is 14.0. The van der Waals surface area contributed by atoms with Crippen LogP contribution in [0, 0.1) is 0 Å². The molecule has 1 aromatic carbocycles. The van der Waals surface area contributed by atoms with E-state index in [0.717, 1.165) is 38.5 Å². The lowest BCUT2D eigenvalue weighted by Crippen LogP contribution is -2.36. The van der Waals surface area contributed by atoms with Crippen LogP contribution in [0.5, 0.6) is 5.75 Å². The monoisotopic (exact) mass is 352 g/mol. The lowest BCUT2D eigenvalue weighted by molar-refractivity contribution is -0.117. The maximum Gasteiger partial charge on any atom is 0.244 e. The number of rotatable bonds is 5. The van der Waals surface area contributed by atoms with E-state index in [-0.39, 0.29) is 16.8 Å². The van der Waals surface area contributed by atoms with Crippen LogP contribution < -0.4 is 14.4 Å². The smallest absolute Gasteiger partial charge is 0.244 e. The molecule has 1 heterocycles. The number of nitrogens with zero attached hydrogens (tertiary/aromatic N) is 1. The number of anilines is 1. The topological polar surface area (TPSA) is 75.7 Å². The minimum atomic E-state index is -3.69. The van der Waals surface area contributed by atoms with Gasteiger partial charge in [0.25, 0.3) is 0 Å². The van der Waals surface area contributed by atoms with E-state index in [9.17, 15) is 13.2 Å². The third-order valence-electron chi connectivity index (χ3n) is 4.75. The van der Waals surface area contributed by atoms with Gasteiger partial charge in [0.15, 0.2) is 0 Å². The predicted molar refractivity (Wildman–Crippen MR) is 91.8 cm³/mol. The number of ether oxygens (including phenoxy) is 1. The summed E-state index contributed by atoms with van der Waals surface area (Å²) in [5.74, 6) is 0.331. The van der Waals surface area contributed by atoms with Gasteiger partial charge in [-0.25, -0.2) is 13.1 Å². The number of methoxy groups -OCH3 is 1. The summed E-state index contributed by atoms with van der Waals surface area (Å²) < 4.78 is 33.7. The Hall–Kier alpha value is -1.60. The number of carbonyl (C=O) groups is 1. The second-order valence-electron chi connectivity index (χ2n) is 6.44. The Morgan fingerprint density at radius 3 is 2.54 bits per heavy atom. The largest absolute Gasteiger partial charge is 0.495 e. The zero-order chi connectivity index (χ0) is 17.2. The van der Waals surface area contributed by atoms with Gasteiger partial charge in [-0.05, 0) is 37.5 Å². The average Bonchev–Trinajstić information content (AvgIpc) is 3.01. The summed E-state index contributed by atoms with van der Waals surface area (Å²) in [6, 6.07) is 4.89. The molecule has 3 rings (SSSR count). The lowest BCUT2D eigenvalue weighted by atomic mass is 9.96. The molecule has 0 spiro atoms.